The van der Waals surface area contributed by atoms with Gasteiger partial charge in [-0.25, -0.2) is 8.78 Å². The van der Waals surface area contributed by atoms with Crippen LogP contribution in [0.3, 0.4) is 0 Å². The van der Waals surface area contributed by atoms with Crippen molar-refractivity contribution in [1.29, 1.82) is 0 Å². The molecule has 0 spiro atoms. The van der Waals surface area contributed by atoms with Crippen LogP contribution in [-0.2, 0) is 4.79 Å². The molecule has 1 aromatic rings. The Morgan fingerprint density at radius 2 is 1.94 bits per heavy atom. The van der Waals surface area contributed by atoms with Gasteiger partial charge < -0.3 is 11.1 Å². The number of unbranched alkanes of at least 4 members (excludes halogenated alkanes) is 2. The van der Waals surface area contributed by atoms with E-state index in [2.05, 4.69) is 21.2 Å². The predicted molar refractivity (Wildman–Crippen MR) is 70.2 cm³/mol. The zero-order chi connectivity index (χ0) is 13.5. The van der Waals surface area contributed by atoms with Crippen molar-refractivity contribution in [1.82, 2.24) is 0 Å². The van der Waals surface area contributed by atoms with E-state index in [1.165, 1.54) is 6.07 Å². The average Bonchev–Trinajstić information content (AvgIpc) is 2.32. The number of benzene rings is 1. The van der Waals surface area contributed by atoms with Crippen LogP contribution >= 0.6 is 15.9 Å². The van der Waals surface area contributed by atoms with Crippen molar-refractivity contribution in [3.8, 4) is 0 Å². The SMILES string of the molecule is NCCCCCC(=O)Nc1cc(Br)c(F)cc1F. The van der Waals surface area contributed by atoms with Gasteiger partial charge in [-0.1, -0.05) is 6.42 Å². The molecule has 0 aliphatic heterocycles. The molecule has 0 saturated heterocycles. The quantitative estimate of drug-likeness (QED) is 0.624. The summed E-state index contributed by atoms with van der Waals surface area (Å²) in [6.45, 7) is 0.598. The highest BCUT2D eigenvalue weighted by Crippen LogP contribution is 2.23. The second-order valence-corrected chi connectivity index (χ2v) is 4.75. The van der Waals surface area contributed by atoms with Gasteiger partial charge in [-0.3, -0.25) is 4.79 Å². The minimum atomic E-state index is -0.786. The Bertz CT molecular complexity index is 427. The molecule has 0 atom stereocenters. The molecule has 1 aromatic carbocycles. The summed E-state index contributed by atoms with van der Waals surface area (Å²) in [5.74, 6) is -1.77. The van der Waals surface area contributed by atoms with E-state index in [1.54, 1.807) is 0 Å². The van der Waals surface area contributed by atoms with Gasteiger partial charge in [-0.2, -0.15) is 0 Å². The fourth-order valence-corrected chi connectivity index (χ4v) is 1.78. The first-order valence-corrected chi connectivity index (χ1v) is 6.48. The molecule has 0 aromatic heterocycles. The highest BCUT2D eigenvalue weighted by Gasteiger charge is 2.10. The highest BCUT2D eigenvalue weighted by atomic mass is 79.9. The third-order valence-electron chi connectivity index (χ3n) is 2.39. The Labute approximate surface area is 113 Å². The van der Waals surface area contributed by atoms with Crippen LogP contribution in [0.4, 0.5) is 14.5 Å². The maximum atomic E-state index is 13.3. The standard InChI is InChI=1S/C12H15BrF2N2O/c13-8-6-11(10(15)7-9(8)14)17-12(18)4-2-1-3-5-16/h6-7H,1-5,16H2,(H,17,18). The van der Waals surface area contributed by atoms with E-state index in [1.807, 2.05) is 0 Å². The Morgan fingerprint density at radius 1 is 1.22 bits per heavy atom. The third kappa shape index (κ3) is 4.70. The van der Waals surface area contributed by atoms with E-state index < -0.39 is 11.6 Å². The van der Waals surface area contributed by atoms with E-state index in [0.29, 0.717) is 19.4 Å². The summed E-state index contributed by atoms with van der Waals surface area (Å²) in [5, 5.41) is 2.41. The van der Waals surface area contributed by atoms with Gasteiger partial charge in [0.15, 0.2) is 0 Å². The first-order chi connectivity index (χ1) is 8.54. The van der Waals surface area contributed by atoms with E-state index in [-0.39, 0.29) is 16.1 Å². The molecule has 3 nitrogen and oxygen atoms in total. The largest absolute Gasteiger partial charge is 0.330 e. The Balaban J connectivity index is 2.51. The maximum Gasteiger partial charge on any atom is 0.224 e. The molecule has 3 N–H and O–H groups in total. The second-order valence-electron chi connectivity index (χ2n) is 3.89. The number of hydrogen-bond donors (Lipinski definition) is 2. The van der Waals surface area contributed by atoms with Gasteiger partial charge in [0.05, 0.1) is 10.2 Å². The minimum absolute atomic E-state index is 0.0212. The number of amides is 1. The summed E-state index contributed by atoms with van der Waals surface area (Å²) in [4.78, 5) is 11.5. The van der Waals surface area contributed by atoms with Crippen molar-refractivity contribution in [2.45, 2.75) is 25.7 Å². The van der Waals surface area contributed by atoms with Crippen LogP contribution in [0.1, 0.15) is 25.7 Å². The zero-order valence-corrected chi connectivity index (χ0v) is 11.4. The first kappa shape index (κ1) is 15.0. The summed E-state index contributed by atoms with van der Waals surface area (Å²) in [7, 11) is 0. The normalized spacial score (nSPS) is 10.4. The molecule has 6 heteroatoms. The lowest BCUT2D eigenvalue weighted by Crippen LogP contribution is -2.12. The zero-order valence-electron chi connectivity index (χ0n) is 9.81. The average molecular weight is 321 g/mol. The molecule has 0 aliphatic carbocycles. The lowest BCUT2D eigenvalue weighted by Gasteiger charge is -2.07. The maximum absolute atomic E-state index is 13.3. The Kier molecular flexibility index (Phi) is 6.21. The van der Waals surface area contributed by atoms with E-state index in [0.717, 1.165) is 18.9 Å². The number of hydrogen-bond acceptors (Lipinski definition) is 2. The summed E-state index contributed by atoms with van der Waals surface area (Å²) in [6.07, 6.45) is 2.73. The van der Waals surface area contributed by atoms with Crippen LogP contribution in [0.2, 0.25) is 0 Å². The van der Waals surface area contributed by atoms with E-state index in [9.17, 15) is 13.6 Å². The van der Waals surface area contributed by atoms with Crippen LogP contribution in [0, 0.1) is 11.6 Å². The number of halogens is 3. The molecule has 18 heavy (non-hydrogen) atoms. The van der Waals surface area contributed by atoms with Gasteiger partial charge in [0.25, 0.3) is 0 Å². The number of carbonyl (C=O) groups excluding carboxylic acids is 1. The molecule has 0 unspecified atom stereocenters. The molecule has 0 fully saturated rings. The molecular formula is C12H15BrF2N2O. The number of anilines is 1. The Morgan fingerprint density at radius 3 is 2.61 bits per heavy atom. The summed E-state index contributed by atoms with van der Waals surface area (Å²) in [5.41, 5.74) is 5.31. The monoisotopic (exact) mass is 320 g/mol. The Hall–Kier alpha value is -1.01. The number of nitrogens with one attached hydrogen (secondary N) is 1. The second kappa shape index (κ2) is 7.43. The molecular weight excluding hydrogens is 306 g/mol. The molecule has 0 saturated carbocycles. The van der Waals surface area contributed by atoms with Gasteiger partial charge in [0.1, 0.15) is 11.6 Å². The van der Waals surface area contributed by atoms with Crippen molar-refractivity contribution in [2.24, 2.45) is 5.73 Å². The van der Waals surface area contributed by atoms with Crippen molar-refractivity contribution < 1.29 is 13.6 Å². The number of carbonyl (C=O) groups is 1. The highest BCUT2D eigenvalue weighted by molar-refractivity contribution is 9.10. The van der Waals surface area contributed by atoms with Gasteiger partial charge in [-0.15, -0.1) is 0 Å². The summed E-state index contributed by atoms with van der Waals surface area (Å²) in [6, 6.07) is 1.94. The van der Waals surface area contributed by atoms with Gasteiger partial charge >= 0.3 is 0 Å². The molecule has 1 rings (SSSR count). The van der Waals surface area contributed by atoms with Crippen LogP contribution in [0.15, 0.2) is 16.6 Å². The smallest absolute Gasteiger partial charge is 0.224 e. The topological polar surface area (TPSA) is 55.1 Å². The van der Waals surface area contributed by atoms with E-state index in [4.69, 9.17) is 5.73 Å². The lowest BCUT2D eigenvalue weighted by atomic mass is 10.2. The predicted octanol–water partition coefficient (Wildman–Crippen LogP) is 3.18. The van der Waals surface area contributed by atoms with Crippen molar-refractivity contribution >= 4 is 27.5 Å². The molecule has 0 aliphatic rings. The molecule has 0 heterocycles. The number of nitrogens with two attached hydrogens (primary N) is 1. The summed E-state index contributed by atoms with van der Waals surface area (Å²) >= 11 is 2.94. The fourth-order valence-electron chi connectivity index (χ4n) is 1.44. The molecule has 100 valence electrons. The number of rotatable bonds is 6. The molecule has 0 bridgehead atoms. The summed E-state index contributed by atoms with van der Waals surface area (Å²) < 4.78 is 26.4. The van der Waals surface area contributed by atoms with Gasteiger partial charge in [0.2, 0.25) is 5.91 Å². The third-order valence-corrected chi connectivity index (χ3v) is 3.00. The van der Waals surface area contributed by atoms with Crippen LogP contribution in [-0.4, -0.2) is 12.5 Å². The first-order valence-electron chi connectivity index (χ1n) is 5.69. The molecule has 1 amide bonds. The fraction of sp³-hybridized carbons (Fsp3) is 0.417. The van der Waals surface area contributed by atoms with Gasteiger partial charge in [-0.05, 0) is 41.4 Å². The van der Waals surface area contributed by atoms with Crippen LogP contribution < -0.4 is 11.1 Å². The van der Waals surface area contributed by atoms with E-state index >= 15 is 0 Å². The van der Waals surface area contributed by atoms with Crippen molar-refractivity contribution in [3.63, 3.8) is 0 Å². The van der Waals surface area contributed by atoms with Gasteiger partial charge in [0, 0.05) is 12.5 Å². The molecule has 0 radical (unpaired) electrons. The van der Waals surface area contributed by atoms with Crippen molar-refractivity contribution in [2.75, 3.05) is 11.9 Å². The lowest BCUT2D eigenvalue weighted by molar-refractivity contribution is -0.116. The minimum Gasteiger partial charge on any atom is -0.330 e. The van der Waals surface area contributed by atoms with Crippen LogP contribution in [0.25, 0.3) is 0 Å². The van der Waals surface area contributed by atoms with Crippen LogP contribution in [0.5, 0.6) is 0 Å². The van der Waals surface area contributed by atoms with Crippen molar-refractivity contribution in [3.05, 3.63) is 28.2 Å².